The molecule has 1 unspecified atom stereocenters. The second kappa shape index (κ2) is 5.20. The van der Waals surface area contributed by atoms with Gasteiger partial charge in [-0.05, 0) is 13.3 Å². The average Bonchev–Trinajstić information content (AvgIpc) is 2.69. The lowest BCUT2D eigenvalue weighted by Crippen LogP contribution is -2.57. The van der Waals surface area contributed by atoms with Crippen molar-refractivity contribution in [2.75, 3.05) is 7.11 Å². The molecular weight excluding hydrogens is 263 g/mol. The summed E-state index contributed by atoms with van der Waals surface area (Å²) in [7, 11) is 1.26. The number of aryl methyl sites for hydroxylation is 1. The Morgan fingerprint density at radius 3 is 2.53 bits per heavy atom. The number of ketones is 1. The zero-order valence-corrected chi connectivity index (χ0v) is 10.9. The normalized spacial score (nSPS) is 15.1. The third kappa shape index (κ3) is 2.73. The van der Waals surface area contributed by atoms with Crippen LogP contribution in [-0.2, 0) is 6.54 Å². The van der Waals surface area contributed by atoms with Crippen LogP contribution >= 0.6 is 0 Å². The molecule has 0 saturated carbocycles. The monoisotopic (exact) mass is 279 g/mol. The minimum absolute atomic E-state index is 0.0145. The minimum atomic E-state index is -4.85. The van der Waals surface area contributed by atoms with Gasteiger partial charge in [-0.25, -0.2) is 0 Å². The van der Waals surface area contributed by atoms with Gasteiger partial charge in [0.25, 0.3) is 0 Å². The van der Waals surface area contributed by atoms with Crippen molar-refractivity contribution in [3.05, 3.63) is 11.9 Å². The van der Waals surface area contributed by atoms with Gasteiger partial charge in [-0.2, -0.15) is 18.3 Å². The van der Waals surface area contributed by atoms with Crippen LogP contribution in [0.2, 0.25) is 0 Å². The molecule has 0 aliphatic rings. The lowest BCUT2D eigenvalue weighted by Gasteiger charge is -2.26. The molecule has 0 fully saturated rings. The highest BCUT2D eigenvalue weighted by atomic mass is 19.4. The number of Topliss-reactive ketones (excluding diaryl/α,β-unsaturated/α-hetero) is 1. The lowest BCUT2D eigenvalue weighted by atomic mass is 9.94. The SMILES string of the molecule is CCCn1ncc(OC)c1C(=O)C(C)(N)C(F)(F)F. The molecule has 1 atom stereocenters. The Bertz CT molecular complexity index is 466. The summed E-state index contributed by atoms with van der Waals surface area (Å²) in [5.74, 6) is -1.28. The molecule has 0 bridgehead atoms. The number of hydrogen-bond acceptors (Lipinski definition) is 4. The minimum Gasteiger partial charge on any atom is -0.493 e. The molecule has 8 heteroatoms. The molecule has 1 aromatic heterocycles. The number of rotatable bonds is 5. The molecule has 0 saturated heterocycles. The number of halogens is 3. The fourth-order valence-corrected chi connectivity index (χ4v) is 1.50. The van der Waals surface area contributed by atoms with E-state index in [1.54, 1.807) is 0 Å². The first-order chi connectivity index (χ1) is 8.66. The van der Waals surface area contributed by atoms with E-state index in [0.717, 1.165) is 0 Å². The van der Waals surface area contributed by atoms with Crippen LogP contribution in [0.1, 0.15) is 30.8 Å². The molecule has 0 aromatic carbocycles. The molecule has 108 valence electrons. The van der Waals surface area contributed by atoms with Gasteiger partial charge in [-0.3, -0.25) is 9.48 Å². The first kappa shape index (κ1) is 15.5. The van der Waals surface area contributed by atoms with Gasteiger partial charge in [0.1, 0.15) is 5.69 Å². The second-order valence-electron chi connectivity index (χ2n) is 4.31. The Kier molecular flexibility index (Phi) is 4.24. The number of ether oxygens (including phenoxy) is 1. The highest BCUT2D eigenvalue weighted by Crippen LogP contribution is 2.33. The van der Waals surface area contributed by atoms with Crippen LogP contribution in [-0.4, -0.2) is 34.4 Å². The number of nitrogens with zero attached hydrogens (tertiary/aromatic N) is 2. The van der Waals surface area contributed by atoms with E-state index in [0.29, 0.717) is 19.9 Å². The van der Waals surface area contributed by atoms with Crippen LogP contribution < -0.4 is 10.5 Å². The van der Waals surface area contributed by atoms with E-state index in [1.165, 1.54) is 18.0 Å². The van der Waals surface area contributed by atoms with Crippen molar-refractivity contribution in [3.63, 3.8) is 0 Å². The average molecular weight is 279 g/mol. The molecule has 1 aromatic rings. The van der Waals surface area contributed by atoms with E-state index >= 15 is 0 Å². The first-order valence-corrected chi connectivity index (χ1v) is 5.67. The topological polar surface area (TPSA) is 70.1 Å². The van der Waals surface area contributed by atoms with E-state index in [9.17, 15) is 18.0 Å². The zero-order valence-electron chi connectivity index (χ0n) is 10.9. The third-order valence-corrected chi connectivity index (χ3v) is 2.74. The maximum absolute atomic E-state index is 12.8. The molecule has 1 rings (SSSR count). The summed E-state index contributed by atoms with van der Waals surface area (Å²) >= 11 is 0. The van der Waals surface area contributed by atoms with E-state index in [4.69, 9.17) is 10.5 Å². The predicted octanol–water partition coefficient (Wildman–Crippen LogP) is 1.76. The van der Waals surface area contributed by atoms with Crippen LogP contribution in [0.15, 0.2) is 6.20 Å². The molecule has 0 aliphatic carbocycles. The zero-order chi connectivity index (χ0) is 14.8. The Hall–Kier alpha value is -1.57. The van der Waals surface area contributed by atoms with Gasteiger partial charge >= 0.3 is 6.18 Å². The van der Waals surface area contributed by atoms with Crippen LogP contribution in [0, 0.1) is 0 Å². The number of carbonyl (C=O) groups is 1. The van der Waals surface area contributed by atoms with Crippen molar-refractivity contribution in [2.24, 2.45) is 5.73 Å². The van der Waals surface area contributed by atoms with Gasteiger partial charge in [-0.1, -0.05) is 6.92 Å². The molecule has 2 N–H and O–H groups in total. The smallest absolute Gasteiger partial charge is 0.413 e. The molecule has 0 amide bonds. The molecule has 0 radical (unpaired) electrons. The molecule has 0 aliphatic heterocycles. The molecule has 5 nitrogen and oxygen atoms in total. The Morgan fingerprint density at radius 1 is 1.53 bits per heavy atom. The number of alkyl halides is 3. The van der Waals surface area contributed by atoms with Crippen molar-refractivity contribution < 1.29 is 22.7 Å². The summed E-state index contributed by atoms with van der Waals surface area (Å²) in [5.41, 5.74) is 1.91. The van der Waals surface area contributed by atoms with Crippen LogP contribution in [0.5, 0.6) is 5.75 Å². The van der Waals surface area contributed by atoms with Crippen molar-refractivity contribution in [1.29, 1.82) is 0 Å². The summed E-state index contributed by atoms with van der Waals surface area (Å²) in [6.45, 7) is 2.75. The van der Waals surface area contributed by atoms with E-state index in [1.807, 2.05) is 6.92 Å². The van der Waals surface area contributed by atoms with Crippen molar-refractivity contribution >= 4 is 5.78 Å². The number of methoxy groups -OCH3 is 1. The Labute approximate surface area is 108 Å². The van der Waals surface area contributed by atoms with E-state index < -0.39 is 17.5 Å². The van der Waals surface area contributed by atoms with Crippen LogP contribution in [0.25, 0.3) is 0 Å². The van der Waals surface area contributed by atoms with Crippen LogP contribution in [0.3, 0.4) is 0 Å². The van der Waals surface area contributed by atoms with Gasteiger partial charge in [0.05, 0.1) is 13.3 Å². The highest BCUT2D eigenvalue weighted by Gasteiger charge is 2.55. The van der Waals surface area contributed by atoms with Crippen molar-refractivity contribution in [3.8, 4) is 5.75 Å². The highest BCUT2D eigenvalue weighted by molar-refractivity contribution is 6.04. The van der Waals surface area contributed by atoms with Gasteiger partial charge in [0.2, 0.25) is 5.78 Å². The quantitative estimate of drug-likeness (QED) is 0.834. The van der Waals surface area contributed by atoms with Gasteiger partial charge in [0, 0.05) is 6.54 Å². The first-order valence-electron chi connectivity index (χ1n) is 5.67. The summed E-state index contributed by atoms with van der Waals surface area (Å²) in [4.78, 5) is 12.1. The maximum Gasteiger partial charge on any atom is 0.413 e. The van der Waals surface area contributed by atoms with E-state index in [2.05, 4.69) is 5.10 Å². The fourth-order valence-electron chi connectivity index (χ4n) is 1.50. The summed E-state index contributed by atoms with van der Waals surface area (Å²) < 4.78 is 44.5. The maximum atomic E-state index is 12.8. The molecular formula is C11H16F3N3O2. The van der Waals surface area contributed by atoms with Gasteiger partial charge in [-0.15, -0.1) is 0 Å². The number of aromatic nitrogens is 2. The lowest BCUT2D eigenvalue weighted by molar-refractivity contribution is -0.166. The van der Waals surface area contributed by atoms with Gasteiger partial charge < -0.3 is 10.5 Å². The standard InChI is InChI=1S/C11H16F3N3O2/c1-4-5-17-8(7(19-3)6-16-17)9(18)10(2,15)11(12,13)14/h6H,4-5,15H2,1-3H3. The number of carbonyl (C=O) groups excluding carboxylic acids is 1. The predicted molar refractivity (Wildman–Crippen MR) is 62.0 cm³/mol. The van der Waals surface area contributed by atoms with Gasteiger partial charge in [0.15, 0.2) is 11.3 Å². The molecule has 1 heterocycles. The Morgan fingerprint density at radius 2 is 2.11 bits per heavy atom. The van der Waals surface area contributed by atoms with E-state index in [-0.39, 0.29) is 11.4 Å². The second-order valence-corrected chi connectivity index (χ2v) is 4.31. The fraction of sp³-hybridized carbons (Fsp3) is 0.636. The number of hydrogen-bond donors (Lipinski definition) is 1. The number of nitrogens with two attached hydrogens (primary N) is 1. The van der Waals surface area contributed by atoms with Crippen LogP contribution in [0.4, 0.5) is 13.2 Å². The van der Waals surface area contributed by atoms with Crippen molar-refractivity contribution in [1.82, 2.24) is 9.78 Å². The molecule has 0 spiro atoms. The largest absolute Gasteiger partial charge is 0.493 e. The third-order valence-electron chi connectivity index (χ3n) is 2.74. The Balaban J connectivity index is 3.29. The summed E-state index contributed by atoms with van der Waals surface area (Å²) in [5, 5.41) is 3.84. The molecule has 19 heavy (non-hydrogen) atoms. The van der Waals surface area contributed by atoms with Crippen molar-refractivity contribution in [2.45, 2.75) is 38.5 Å². The summed E-state index contributed by atoms with van der Waals surface area (Å²) in [6.07, 6.45) is -3.04. The summed E-state index contributed by atoms with van der Waals surface area (Å²) in [6, 6.07) is 0.